The Hall–Kier alpha value is -2.17. The molecule has 2 rings (SSSR count). The molecule has 1 aromatic carbocycles. The highest BCUT2D eigenvalue weighted by Gasteiger charge is 2.11. The number of rotatable bonds is 3. The second-order valence-electron chi connectivity index (χ2n) is 4.78. The molecule has 2 N–H and O–H groups in total. The number of anilines is 1. The van der Waals surface area contributed by atoms with Gasteiger partial charge in [-0.15, -0.1) is 0 Å². The second-order valence-corrected chi connectivity index (χ2v) is 4.78. The molecule has 2 aromatic rings. The van der Waals surface area contributed by atoms with Crippen molar-refractivity contribution in [1.82, 2.24) is 15.0 Å². The fraction of sp³-hybridized carbons (Fsp3) is 0.357. The Morgan fingerprint density at radius 3 is 2.47 bits per heavy atom. The van der Waals surface area contributed by atoms with Gasteiger partial charge in [0.15, 0.2) is 5.82 Å². The maximum atomic E-state index is 5.71. The van der Waals surface area contributed by atoms with Gasteiger partial charge in [-0.2, -0.15) is 15.0 Å². The monoisotopic (exact) mass is 258 g/mol. The second kappa shape index (κ2) is 5.22. The summed E-state index contributed by atoms with van der Waals surface area (Å²) in [5.74, 6) is 0.710. The molecule has 5 nitrogen and oxygen atoms in total. The molecule has 19 heavy (non-hydrogen) atoms. The Morgan fingerprint density at radius 2 is 1.84 bits per heavy atom. The fourth-order valence-corrected chi connectivity index (χ4v) is 1.82. The molecule has 1 aromatic heterocycles. The zero-order valence-electron chi connectivity index (χ0n) is 11.6. The molecule has 0 aliphatic rings. The van der Waals surface area contributed by atoms with Crippen LogP contribution in [0.4, 0.5) is 5.95 Å². The molecular weight excluding hydrogens is 240 g/mol. The van der Waals surface area contributed by atoms with Crippen LogP contribution in [0.2, 0.25) is 0 Å². The van der Waals surface area contributed by atoms with Crippen LogP contribution >= 0.6 is 0 Å². The molecule has 0 atom stereocenters. The van der Waals surface area contributed by atoms with Gasteiger partial charge < -0.3 is 10.5 Å². The van der Waals surface area contributed by atoms with Gasteiger partial charge in [0.05, 0.1) is 6.10 Å². The molecular formula is C14H18N4O. The molecule has 0 bridgehead atoms. The zero-order chi connectivity index (χ0) is 14.0. The van der Waals surface area contributed by atoms with E-state index in [1.165, 1.54) is 5.56 Å². The Labute approximate surface area is 112 Å². The standard InChI is InChI=1S/C14H18N4O/c1-8(2)19-14-17-12(16-13(15)18-14)11-6-5-9(3)7-10(11)4/h5-8H,1-4H3,(H2,15,16,17,18). The van der Waals surface area contributed by atoms with E-state index in [2.05, 4.69) is 21.0 Å². The molecule has 0 unspecified atom stereocenters. The van der Waals surface area contributed by atoms with Gasteiger partial charge in [0.1, 0.15) is 0 Å². The lowest BCUT2D eigenvalue weighted by molar-refractivity contribution is 0.222. The summed E-state index contributed by atoms with van der Waals surface area (Å²) in [4.78, 5) is 12.5. The maximum absolute atomic E-state index is 5.71. The highest BCUT2D eigenvalue weighted by Crippen LogP contribution is 2.22. The average molecular weight is 258 g/mol. The van der Waals surface area contributed by atoms with E-state index in [1.807, 2.05) is 39.8 Å². The summed E-state index contributed by atoms with van der Waals surface area (Å²) >= 11 is 0. The van der Waals surface area contributed by atoms with Crippen LogP contribution < -0.4 is 10.5 Å². The van der Waals surface area contributed by atoms with E-state index in [1.54, 1.807) is 0 Å². The summed E-state index contributed by atoms with van der Waals surface area (Å²) in [6.07, 6.45) is -0.00577. The molecule has 0 spiro atoms. The number of ether oxygens (including phenoxy) is 1. The molecule has 1 heterocycles. The van der Waals surface area contributed by atoms with Crippen LogP contribution in [0, 0.1) is 13.8 Å². The van der Waals surface area contributed by atoms with E-state index in [9.17, 15) is 0 Å². The minimum absolute atomic E-state index is 0.00577. The van der Waals surface area contributed by atoms with Gasteiger partial charge in [-0.05, 0) is 33.3 Å². The summed E-state index contributed by atoms with van der Waals surface area (Å²) in [6.45, 7) is 7.89. The van der Waals surface area contributed by atoms with Gasteiger partial charge in [-0.1, -0.05) is 23.8 Å². The van der Waals surface area contributed by atoms with Crippen LogP contribution in [-0.2, 0) is 0 Å². The summed E-state index contributed by atoms with van der Waals surface area (Å²) in [7, 11) is 0. The molecule has 0 aliphatic carbocycles. The molecule has 0 fully saturated rings. The summed E-state index contributed by atoms with van der Waals surface area (Å²) in [6, 6.07) is 6.35. The van der Waals surface area contributed by atoms with E-state index < -0.39 is 0 Å². The molecule has 0 saturated heterocycles. The van der Waals surface area contributed by atoms with E-state index in [0.29, 0.717) is 5.82 Å². The third kappa shape index (κ3) is 3.19. The lowest BCUT2D eigenvalue weighted by Gasteiger charge is -2.10. The van der Waals surface area contributed by atoms with E-state index in [-0.39, 0.29) is 18.1 Å². The first-order chi connectivity index (χ1) is 8.95. The molecule has 100 valence electrons. The van der Waals surface area contributed by atoms with Crippen LogP contribution in [0.15, 0.2) is 18.2 Å². The first kappa shape index (κ1) is 13.3. The Bertz CT molecular complexity index is 596. The number of hydrogen-bond acceptors (Lipinski definition) is 5. The zero-order valence-corrected chi connectivity index (χ0v) is 11.6. The van der Waals surface area contributed by atoms with Crippen LogP contribution in [0.25, 0.3) is 11.4 Å². The van der Waals surface area contributed by atoms with E-state index in [0.717, 1.165) is 11.1 Å². The molecule has 5 heteroatoms. The highest BCUT2D eigenvalue weighted by atomic mass is 16.5. The van der Waals surface area contributed by atoms with E-state index >= 15 is 0 Å². The first-order valence-corrected chi connectivity index (χ1v) is 6.21. The number of hydrogen-bond donors (Lipinski definition) is 1. The normalized spacial score (nSPS) is 10.8. The molecule has 0 amide bonds. The predicted octanol–water partition coefficient (Wildman–Crippen LogP) is 2.52. The van der Waals surface area contributed by atoms with Crippen molar-refractivity contribution in [1.29, 1.82) is 0 Å². The number of nitrogen functional groups attached to an aromatic ring is 1. The molecule has 0 saturated carbocycles. The Balaban J connectivity index is 2.46. The summed E-state index contributed by atoms with van der Waals surface area (Å²) in [5.41, 5.74) is 8.94. The summed E-state index contributed by atoms with van der Waals surface area (Å²) in [5, 5.41) is 0. The van der Waals surface area contributed by atoms with Crippen molar-refractivity contribution in [3.63, 3.8) is 0 Å². The molecule has 0 aliphatic heterocycles. The van der Waals surface area contributed by atoms with Crippen molar-refractivity contribution in [2.45, 2.75) is 33.8 Å². The third-order valence-corrected chi connectivity index (χ3v) is 2.60. The smallest absolute Gasteiger partial charge is 0.322 e. The van der Waals surface area contributed by atoms with E-state index in [4.69, 9.17) is 10.5 Å². The quantitative estimate of drug-likeness (QED) is 0.915. The van der Waals surface area contributed by atoms with Crippen molar-refractivity contribution in [3.05, 3.63) is 29.3 Å². The van der Waals surface area contributed by atoms with Gasteiger partial charge in [-0.3, -0.25) is 0 Å². The van der Waals surface area contributed by atoms with Crippen molar-refractivity contribution in [2.75, 3.05) is 5.73 Å². The number of nitrogens with two attached hydrogens (primary N) is 1. The topological polar surface area (TPSA) is 73.9 Å². The highest BCUT2D eigenvalue weighted by molar-refractivity contribution is 5.61. The predicted molar refractivity (Wildman–Crippen MR) is 74.9 cm³/mol. The molecule has 0 radical (unpaired) electrons. The number of nitrogens with zero attached hydrogens (tertiary/aromatic N) is 3. The first-order valence-electron chi connectivity index (χ1n) is 6.21. The van der Waals surface area contributed by atoms with Crippen LogP contribution in [0.5, 0.6) is 6.01 Å². The van der Waals surface area contributed by atoms with Gasteiger partial charge >= 0.3 is 6.01 Å². The van der Waals surface area contributed by atoms with Gasteiger partial charge in [-0.25, -0.2) is 0 Å². The fourth-order valence-electron chi connectivity index (χ4n) is 1.82. The maximum Gasteiger partial charge on any atom is 0.322 e. The third-order valence-electron chi connectivity index (χ3n) is 2.60. The minimum Gasteiger partial charge on any atom is -0.461 e. The average Bonchev–Trinajstić information content (AvgIpc) is 2.26. The van der Waals surface area contributed by atoms with Crippen molar-refractivity contribution < 1.29 is 4.74 Å². The van der Waals surface area contributed by atoms with Crippen LogP contribution in [-0.4, -0.2) is 21.1 Å². The number of aryl methyl sites for hydroxylation is 2. The van der Waals surface area contributed by atoms with Crippen molar-refractivity contribution in [3.8, 4) is 17.4 Å². The van der Waals surface area contributed by atoms with Gasteiger partial charge in [0, 0.05) is 5.56 Å². The van der Waals surface area contributed by atoms with Gasteiger partial charge in [0.2, 0.25) is 5.95 Å². The minimum atomic E-state index is -0.00577. The SMILES string of the molecule is Cc1ccc(-c2nc(N)nc(OC(C)C)n2)c(C)c1. The largest absolute Gasteiger partial charge is 0.461 e. The van der Waals surface area contributed by atoms with Crippen molar-refractivity contribution >= 4 is 5.95 Å². The Kier molecular flexibility index (Phi) is 3.64. The number of benzene rings is 1. The lowest BCUT2D eigenvalue weighted by atomic mass is 10.1. The number of aromatic nitrogens is 3. The van der Waals surface area contributed by atoms with Crippen LogP contribution in [0.1, 0.15) is 25.0 Å². The van der Waals surface area contributed by atoms with Gasteiger partial charge in [0.25, 0.3) is 0 Å². The summed E-state index contributed by atoms with van der Waals surface area (Å²) < 4.78 is 5.48. The Morgan fingerprint density at radius 1 is 1.11 bits per heavy atom. The van der Waals surface area contributed by atoms with Crippen LogP contribution in [0.3, 0.4) is 0 Å². The van der Waals surface area contributed by atoms with Crippen molar-refractivity contribution in [2.24, 2.45) is 0 Å². The lowest BCUT2D eigenvalue weighted by Crippen LogP contribution is -2.11.